The van der Waals surface area contributed by atoms with Gasteiger partial charge in [0.05, 0.1) is 23.7 Å². The summed E-state index contributed by atoms with van der Waals surface area (Å²) in [5.41, 5.74) is 8.31. The molecule has 0 aliphatic carbocycles. The maximum Gasteiger partial charge on any atom is 0.255 e. The number of halogens is 2. The van der Waals surface area contributed by atoms with Crippen molar-refractivity contribution < 1.29 is 13.6 Å². The molecule has 186 valence electrons. The zero-order valence-corrected chi connectivity index (χ0v) is 20.5. The molecule has 0 spiro atoms. The highest BCUT2D eigenvalue weighted by Gasteiger charge is 2.18. The van der Waals surface area contributed by atoms with E-state index < -0.39 is 23.6 Å². The lowest BCUT2D eigenvalue weighted by atomic mass is 10.1. The Balaban J connectivity index is 1.29. The van der Waals surface area contributed by atoms with Crippen LogP contribution in [0.2, 0.25) is 0 Å². The second-order valence-corrected chi connectivity index (χ2v) is 9.54. The second-order valence-electron chi connectivity index (χ2n) is 8.37. The molecule has 0 saturated heterocycles. The summed E-state index contributed by atoms with van der Waals surface area (Å²) in [5.74, 6) is -0.976. The fourth-order valence-electron chi connectivity index (χ4n) is 3.96. The van der Waals surface area contributed by atoms with E-state index in [1.165, 1.54) is 12.4 Å². The van der Waals surface area contributed by atoms with Crippen LogP contribution in [0.5, 0.6) is 0 Å². The number of nitrogens with zero attached hydrogens (tertiary/aromatic N) is 3. The van der Waals surface area contributed by atoms with Crippen molar-refractivity contribution in [3.05, 3.63) is 101 Å². The van der Waals surface area contributed by atoms with Crippen LogP contribution < -0.4 is 16.4 Å². The standard InChI is InChI=1S/C27H22F2N6OS/c1-15(19-7-5-17(28)12-22(19)29)35-27(36)20-3-2-10-31-26(20)32-13-18-6-9-24(37-18)16-4-8-23-21(11-16)25(30)34-14-33-23/h2-12,14-15H,13H2,1H3,(H,31,32)(H,35,36)(H2,30,33,34)/t15-/m0/s1. The smallest absolute Gasteiger partial charge is 0.255 e. The van der Waals surface area contributed by atoms with Gasteiger partial charge in [0.25, 0.3) is 5.91 Å². The van der Waals surface area contributed by atoms with Crippen LogP contribution in [0.25, 0.3) is 21.3 Å². The molecule has 0 aliphatic heterocycles. The molecule has 7 nitrogen and oxygen atoms in total. The molecule has 0 saturated carbocycles. The highest BCUT2D eigenvalue weighted by Crippen LogP contribution is 2.31. The van der Waals surface area contributed by atoms with Crippen LogP contribution in [0.1, 0.15) is 33.8 Å². The number of nitrogen functional groups attached to an aromatic ring is 1. The van der Waals surface area contributed by atoms with Gasteiger partial charge in [0.15, 0.2) is 0 Å². The number of pyridine rings is 1. The number of nitrogens with one attached hydrogen (secondary N) is 2. The topological polar surface area (TPSA) is 106 Å². The zero-order chi connectivity index (χ0) is 25.9. The van der Waals surface area contributed by atoms with Crippen molar-refractivity contribution in [2.24, 2.45) is 0 Å². The van der Waals surface area contributed by atoms with Crippen LogP contribution in [0.3, 0.4) is 0 Å². The molecule has 3 heterocycles. The van der Waals surface area contributed by atoms with E-state index in [1.807, 2.05) is 30.3 Å². The summed E-state index contributed by atoms with van der Waals surface area (Å²) in [6.07, 6.45) is 3.03. The van der Waals surface area contributed by atoms with Crippen LogP contribution in [0, 0.1) is 11.6 Å². The summed E-state index contributed by atoms with van der Waals surface area (Å²) in [6, 6.07) is 15.8. The molecule has 2 aromatic carbocycles. The third-order valence-corrected chi connectivity index (χ3v) is 7.01. The molecule has 3 aromatic heterocycles. The number of nitrogens with two attached hydrogens (primary N) is 1. The Morgan fingerprint density at radius 2 is 1.92 bits per heavy atom. The number of carbonyl (C=O) groups excluding carboxylic acids is 1. The number of fused-ring (bicyclic) bond motifs is 1. The first-order valence-electron chi connectivity index (χ1n) is 11.4. The van der Waals surface area contributed by atoms with E-state index >= 15 is 0 Å². The van der Waals surface area contributed by atoms with Gasteiger partial charge in [-0.2, -0.15) is 0 Å². The number of benzene rings is 2. The predicted molar refractivity (Wildman–Crippen MR) is 141 cm³/mol. The van der Waals surface area contributed by atoms with E-state index in [1.54, 1.807) is 36.6 Å². The van der Waals surface area contributed by atoms with Crippen LogP contribution in [-0.4, -0.2) is 20.9 Å². The Morgan fingerprint density at radius 3 is 2.76 bits per heavy atom. The SMILES string of the molecule is C[C@H](NC(=O)c1cccnc1NCc1ccc(-c2ccc3ncnc(N)c3c2)s1)c1ccc(F)cc1F. The van der Waals surface area contributed by atoms with Crippen molar-refractivity contribution in [2.45, 2.75) is 19.5 Å². The van der Waals surface area contributed by atoms with E-state index in [0.29, 0.717) is 23.7 Å². The van der Waals surface area contributed by atoms with Crippen molar-refractivity contribution in [1.82, 2.24) is 20.3 Å². The van der Waals surface area contributed by atoms with Gasteiger partial charge in [-0.1, -0.05) is 12.1 Å². The van der Waals surface area contributed by atoms with E-state index in [2.05, 4.69) is 25.6 Å². The molecule has 1 amide bonds. The quantitative estimate of drug-likeness (QED) is 0.256. The lowest BCUT2D eigenvalue weighted by Gasteiger charge is -2.16. The van der Waals surface area contributed by atoms with Gasteiger partial charge < -0.3 is 16.4 Å². The summed E-state index contributed by atoms with van der Waals surface area (Å²) in [5, 5.41) is 6.78. The average molecular weight is 517 g/mol. The maximum atomic E-state index is 14.1. The zero-order valence-electron chi connectivity index (χ0n) is 19.7. The largest absolute Gasteiger partial charge is 0.383 e. The normalized spacial score (nSPS) is 11.9. The van der Waals surface area contributed by atoms with Gasteiger partial charge in [-0.25, -0.2) is 23.7 Å². The molecule has 0 bridgehead atoms. The summed E-state index contributed by atoms with van der Waals surface area (Å²) < 4.78 is 27.4. The second kappa shape index (κ2) is 10.3. The lowest BCUT2D eigenvalue weighted by molar-refractivity contribution is 0.0940. The molecular weight excluding hydrogens is 494 g/mol. The Morgan fingerprint density at radius 1 is 1.05 bits per heavy atom. The molecule has 0 unspecified atom stereocenters. The number of amides is 1. The van der Waals surface area contributed by atoms with Crippen molar-refractivity contribution >= 4 is 39.8 Å². The van der Waals surface area contributed by atoms with Gasteiger partial charge >= 0.3 is 0 Å². The highest BCUT2D eigenvalue weighted by atomic mass is 32.1. The van der Waals surface area contributed by atoms with E-state index in [0.717, 1.165) is 38.4 Å². The number of hydrogen-bond acceptors (Lipinski definition) is 7. The first-order chi connectivity index (χ1) is 17.9. The number of thiophene rings is 1. The number of hydrogen-bond donors (Lipinski definition) is 3. The van der Waals surface area contributed by atoms with Crippen LogP contribution in [0.4, 0.5) is 20.4 Å². The first kappa shape index (κ1) is 24.3. The Bertz CT molecular complexity index is 1610. The molecule has 10 heteroatoms. The summed E-state index contributed by atoms with van der Waals surface area (Å²) in [7, 11) is 0. The number of anilines is 2. The third kappa shape index (κ3) is 5.24. The number of aromatic nitrogens is 3. The molecule has 0 fully saturated rings. The monoisotopic (exact) mass is 516 g/mol. The Labute approximate surface area is 215 Å². The van der Waals surface area contributed by atoms with Crippen LogP contribution in [-0.2, 0) is 6.54 Å². The van der Waals surface area contributed by atoms with Gasteiger partial charge in [0.2, 0.25) is 0 Å². The van der Waals surface area contributed by atoms with Crippen LogP contribution >= 0.6 is 11.3 Å². The predicted octanol–water partition coefficient (Wildman–Crippen LogP) is 5.72. The summed E-state index contributed by atoms with van der Waals surface area (Å²) >= 11 is 1.60. The van der Waals surface area contributed by atoms with Crippen molar-refractivity contribution in [3.8, 4) is 10.4 Å². The van der Waals surface area contributed by atoms with Crippen molar-refractivity contribution in [1.29, 1.82) is 0 Å². The maximum absolute atomic E-state index is 14.1. The molecule has 5 rings (SSSR count). The summed E-state index contributed by atoms with van der Waals surface area (Å²) in [6.45, 7) is 2.08. The molecule has 0 radical (unpaired) electrons. The number of rotatable bonds is 7. The van der Waals surface area contributed by atoms with E-state index in [4.69, 9.17) is 5.73 Å². The van der Waals surface area contributed by atoms with Gasteiger partial charge in [0.1, 0.15) is 29.6 Å². The number of carbonyl (C=O) groups is 1. The van der Waals surface area contributed by atoms with Gasteiger partial charge in [-0.15, -0.1) is 11.3 Å². The van der Waals surface area contributed by atoms with Gasteiger partial charge in [-0.3, -0.25) is 4.79 Å². The Kier molecular flexibility index (Phi) is 6.74. The fourth-order valence-corrected chi connectivity index (χ4v) is 4.91. The minimum Gasteiger partial charge on any atom is -0.383 e. The highest BCUT2D eigenvalue weighted by molar-refractivity contribution is 7.15. The molecule has 1 atom stereocenters. The molecule has 5 aromatic rings. The van der Waals surface area contributed by atoms with Crippen molar-refractivity contribution in [2.75, 3.05) is 11.1 Å². The third-order valence-electron chi connectivity index (χ3n) is 5.87. The minimum absolute atomic E-state index is 0.196. The molecular formula is C27H22F2N6OS. The van der Waals surface area contributed by atoms with Crippen molar-refractivity contribution in [3.63, 3.8) is 0 Å². The van der Waals surface area contributed by atoms with Gasteiger partial charge in [-0.05, 0) is 55.0 Å². The summed E-state index contributed by atoms with van der Waals surface area (Å²) in [4.78, 5) is 27.7. The fraction of sp³-hybridized carbons (Fsp3) is 0.111. The lowest BCUT2D eigenvalue weighted by Crippen LogP contribution is -2.28. The van der Waals surface area contributed by atoms with E-state index in [-0.39, 0.29) is 5.56 Å². The van der Waals surface area contributed by atoms with E-state index in [9.17, 15) is 13.6 Å². The Hall–Kier alpha value is -4.44. The van der Waals surface area contributed by atoms with Gasteiger partial charge in [0, 0.05) is 33.0 Å². The minimum atomic E-state index is -0.715. The first-order valence-corrected chi connectivity index (χ1v) is 12.2. The van der Waals surface area contributed by atoms with Crippen LogP contribution in [0.15, 0.2) is 73.2 Å². The average Bonchev–Trinajstić information content (AvgIpc) is 3.37. The molecule has 37 heavy (non-hydrogen) atoms. The molecule has 0 aliphatic rings. The molecule has 4 N–H and O–H groups in total.